The van der Waals surface area contributed by atoms with Crippen LogP contribution in [0.2, 0.25) is 0 Å². The molecule has 0 bridgehead atoms. The van der Waals surface area contributed by atoms with Crippen LogP contribution in [-0.4, -0.2) is 25.8 Å². The number of aryl methyl sites for hydroxylation is 1. The quantitative estimate of drug-likeness (QED) is 0.794. The Morgan fingerprint density at radius 3 is 2.61 bits per heavy atom. The number of rotatable bonds is 4. The summed E-state index contributed by atoms with van der Waals surface area (Å²) in [5, 5.41) is 13.8. The molecule has 0 atom stereocenters. The van der Waals surface area contributed by atoms with Crippen LogP contribution < -0.4 is 0 Å². The predicted molar refractivity (Wildman–Crippen MR) is 80.5 cm³/mol. The minimum absolute atomic E-state index is 0.168. The van der Waals surface area contributed by atoms with E-state index in [0.29, 0.717) is 22.0 Å². The van der Waals surface area contributed by atoms with E-state index in [2.05, 4.69) is 10.1 Å². The molecular formula is C15H11F2N3O2S. The molecule has 0 unspecified atom stereocenters. The van der Waals surface area contributed by atoms with E-state index >= 15 is 0 Å². The fourth-order valence-corrected chi connectivity index (χ4v) is 3.03. The summed E-state index contributed by atoms with van der Waals surface area (Å²) in [6.07, 6.45) is 1.65. The summed E-state index contributed by atoms with van der Waals surface area (Å²) < 4.78 is 27.9. The fraction of sp³-hybridized carbons (Fsp3) is 0.133. The predicted octanol–water partition coefficient (Wildman–Crippen LogP) is 3.34. The molecule has 0 spiro atoms. The number of nitrogens with zero attached hydrogens (tertiary/aromatic N) is 3. The Morgan fingerprint density at radius 2 is 2.00 bits per heavy atom. The highest BCUT2D eigenvalue weighted by atomic mass is 32.1. The van der Waals surface area contributed by atoms with Gasteiger partial charge in [0.2, 0.25) is 0 Å². The minimum atomic E-state index is -1.03. The first-order chi connectivity index (χ1) is 10.9. The van der Waals surface area contributed by atoms with Crippen molar-refractivity contribution < 1.29 is 18.7 Å². The third-order valence-corrected chi connectivity index (χ3v) is 4.29. The first-order valence-corrected chi connectivity index (χ1v) is 7.43. The SMILES string of the molecule is Cc1nc(-c2ccn(Cc3cc(F)cc(F)c3)n2)sc1C(=O)O. The highest BCUT2D eigenvalue weighted by molar-refractivity contribution is 7.17. The van der Waals surface area contributed by atoms with Gasteiger partial charge in [-0.05, 0) is 30.7 Å². The molecular weight excluding hydrogens is 324 g/mol. The molecule has 1 N–H and O–H groups in total. The van der Waals surface area contributed by atoms with E-state index in [9.17, 15) is 13.6 Å². The van der Waals surface area contributed by atoms with Crippen LogP contribution >= 0.6 is 11.3 Å². The van der Waals surface area contributed by atoms with Crippen molar-refractivity contribution in [3.05, 3.63) is 58.2 Å². The maximum absolute atomic E-state index is 13.2. The number of carboxylic acids is 1. The summed E-state index contributed by atoms with van der Waals surface area (Å²) in [6, 6.07) is 4.96. The molecule has 0 aliphatic heterocycles. The Morgan fingerprint density at radius 1 is 1.30 bits per heavy atom. The highest BCUT2D eigenvalue weighted by Crippen LogP contribution is 2.26. The maximum atomic E-state index is 13.2. The lowest BCUT2D eigenvalue weighted by Crippen LogP contribution is -2.01. The van der Waals surface area contributed by atoms with Gasteiger partial charge in [0.1, 0.15) is 27.2 Å². The van der Waals surface area contributed by atoms with Crippen molar-refractivity contribution in [2.45, 2.75) is 13.5 Å². The summed E-state index contributed by atoms with van der Waals surface area (Å²) in [5.41, 5.74) is 1.39. The Bertz CT molecular complexity index is 868. The molecule has 0 aliphatic carbocycles. The average Bonchev–Trinajstić information content (AvgIpc) is 3.04. The summed E-state index contributed by atoms with van der Waals surface area (Å²) >= 11 is 1.04. The van der Waals surface area contributed by atoms with Crippen LogP contribution in [0, 0.1) is 18.6 Å². The maximum Gasteiger partial charge on any atom is 0.347 e. The Hall–Kier alpha value is -2.61. The van der Waals surface area contributed by atoms with E-state index in [1.165, 1.54) is 16.8 Å². The number of hydrogen-bond acceptors (Lipinski definition) is 4. The lowest BCUT2D eigenvalue weighted by Gasteiger charge is -2.02. The fourth-order valence-electron chi connectivity index (χ4n) is 2.16. The third kappa shape index (κ3) is 3.26. The van der Waals surface area contributed by atoms with Crippen LogP contribution in [0.3, 0.4) is 0 Å². The Labute approximate surface area is 133 Å². The van der Waals surface area contributed by atoms with Crippen molar-refractivity contribution in [1.29, 1.82) is 0 Å². The summed E-state index contributed by atoms with van der Waals surface area (Å²) in [6.45, 7) is 1.82. The summed E-state index contributed by atoms with van der Waals surface area (Å²) in [7, 11) is 0. The molecule has 2 aromatic heterocycles. The zero-order valence-electron chi connectivity index (χ0n) is 12.0. The second-order valence-electron chi connectivity index (χ2n) is 4.91. The van der Waals surface area contributed by atoms with Crippen molar-refractivity contribution in [1.82, 2.24) is 14.8 Å². The van der Waals surface area contributed by atoms with Crippen LogP contribution in [-0.2, 0) is 6.54 Å². The second kappa shape index (κ2) is 5.88. The number of hydrogen-bond donors (Lipinski definition) is 1. The number of aromatic carboxylic acids is 1. The molecule has 118 valence electrons. The van der Waals surface area contributed by atoms with Gasteiger partial charge in [-0.2, -0.15) is 5.10 Å². The molecule has 0 fully saturated rings. The largest absolute Gasteiger partial charge is 0.477 e. The minimum Gasteiger partial charge on any atom is -0.477 e. The van der Waals surface area contributed by atoms with Crippen molar-refractivity contribution in [2.24, 2.45) is 0 Å². The Kier molecular flexibility index (Phi) is 3.91. The number of aromatic nitrogens is 3. The lowest BCUT2D eigenvalue weighted by molar-refractivity contribution is 0.0701. The van der Waals surface area contributed by atoms with Crippen molar-refractivity contribution in [2.75, 3.05) is 0 Å². The van der Waals surface area contributed by atoms with E-state index in [0.717, 1.165) is 17.4 Å². The molecule has 8 heteroatoms. The van der Waals surface area contributed by atoms with Gasteiger partial charge in [0.15, 0.2) is 0 Å². The van der Waals surface area contributed by atoms with Gasteiger partial charge in [0.25, 0.3) is 0 Å². The van der Waals surface area contributed by atoms with Crippen LogP contribution in [0.1, 0.15) is 20.9 Å². The zero-order chi connectivity index (χ0) is 16.6. The lowest BCUT2D eigenvalue weighted by atomic mass is 10.2. The van der Waals surface area contributed by atoms with Gasteiger partial charge in [-0.1, -0.05) is 0 Å². The number of thiazole rings is 1. The topological polar surface area (TPSA) is 68.0 Å². The molecule has 2 heterocycles. The summed E-state index contributed by atoms with van der Waals surface area (Å²) in [5.74, 6) is -2.32. The number of benzene rings is 1. The molecule has 23 heavy (non-hydrogen) atoms. The first-order valence-electron chi connectivity index (χ1n) is 6.62. The normalized spacial score (nSPS) is 10.9. The Balaban J connectivity index is 1.85. The van der Waals surface area contributed by atoms with Crippen LogP contribution in [0.15, 0.2) is 30.5 Å². The molecule has 0 saturated heterocycles. The van der Waals surface area contributed by atoms with Gasteiger partial charge in [0, 0.05) is 12.3 Å². The van der Waals surface area contributed by atoms with E-state index in [1.807, 2.05) is 0 Å². The van der Waals surface area contributed by atoms with Gasteiger partial charge in [-0.3, -0.25) is 4.68 Å². The van der Waals surface area contributed by atoms with Crippen LogP contribution in [0.25, 0.3) is 10.7 Å². The third-order valence-electron chi connectivity index (χ3n) is 3.12. The zero-order valence-corrected chi connectivity index (χ0v) is 12.8. The standard InChI is InChI=1S/C15H11F2N3O2S/c1-8-13(15(21)22)23-14(18-8)12-2-3-20(19-12)7-9-4-10(16)6-11(17)5-9/h2-6H,7H2,1H3,(H,21,22). The van der Waals surface area contributed by atoms with E-state index in [-0.39, 0.29) is 11.4 Å². The van der Waals surface area contributed by atoms with Gasteiger partial charge < -0.3 is 5.11 Å². The monoisotopic (exact) mass is 335 g/mol. The smallest absolute Gasteiger partial charge is 0.347 e. The van der Waals surface area contributed by atoms with Crippen LogP contribution in [0.4, 0.5) is 8.78 Å². The highest BCUT2D eigenvalue weighted by Gasteiger charge is 2.16. The molecule has 3 rings (SSSR count). The average molecular weight is 335 g/mol. The van der Waals surface area contributed by atoms with Gasteiger partial charge in [-0.25, -0.2) is 18.6 Å². The number of carbonyl (C=O) groups is 1. The molecule has 0 aliphatic rings. The van der Waals surface area contributed by atoms with Crippen molar-refractivity contribution in [3.63, 3.8) is 0 Å². The first kappa shape index (κ1) is 15.3. The van der Waals surface area contributed by atoms with Gasteiger partial charge >= 0.3 is 5.97 Å². The number of carboxylic acid groups (broad SMARTS) is 1. The molecule has 0 amide bonds. The van der Waals surface area contributed by atoms with E-state index in [1.54, 1.807) is 19.2 Å². The molecule has 5 nitrogen and oxygen atoms in total. The van der Waals surface area contributed by atoms with Crippen LogP contribution in [0.5, 0.6) is 0 Å². The van der Waals surface area contributed by atoms with E-state index < -0.39 is 17.6 Å². The number of halogens is 2. The van der Waals surface area contributed by atoms with E-state index in [4.69, 9.17) is 5.11 Å². The van der Waals surface area contributed by atoms with Gasteiger partial charge in [0.05, 0.1) is 12.2 Å². The van der Waals surface area contributed by atoms with Crippen molar-refractivity contribution >= 4 is 17.3 Å². The molecule has 0 radical (unpaired) electrons. The summed E-state index contributed by atoms with van der Waals surface area (Å²) in [4.78, 5) is 15.4. The second-order valence-corrected chi connectivity index (χ2v) is 5.91. The van der Waals surface area contributed by atoms with Gasteiger partial charge in [-0.15, -0.1) is 11.3 Å². The molecule has 3 aromatic rings. The molecule has 0 saturated carbocycles. The van der Waals surface area contributed by atoms with Crippen molar-refractivity contribution in [3.8, 4) is 10.7 Å². The molecule has 1 aromatic carbocycles.